The molecule has 0 saturated heterocycles. The van der Waals surface area contributed by atoms with Crippen molar-refractivity contribution in [3.63, 3.8) is 0 Å². The fourth-order valence-electron chi connectivity index (χ4n) is 7.94. The van der Waals surface area contributed by atoms with Gasteiger partial charge in [0, 0.05) is 13.8 Å². The number of nitro groups is 16. The molecule has 0 bridgehead atoms. The van der Waals surface area contributed by atoms with E-state index in [1.54, 1.807) is 19.1 Å². The minimum Gasteiger partial charge on any atom is -0.467 e. The van der Waals surface area contributed by atoms with Crippen molar-refractivity contribution in [1.29, 1.82) is 0 Å². The van der Waals surface area contributed by atoms with Crippen LogP contribution < -0.4 is 0 Å². The fraction of sp³-hybridized carbons (Fsp3) is 0.627. The van der Waals surface area contributed by atoms with Crippen LogP contribution in [0.25, 0.3) is 0 Å². The molecule has 73 nitrogen and oxygen atoms in total. The highest BCUT2D eigenvalue weighted by Crippen LogP contribution is 2.33. The molecule has 0 heterocycles. The third kappa shape index (κ3) is 37.5. The Hall–Kier alpha value is -16.7. The van der Waals surface area contributed by atoms with Gasteiger partial charge in [-0.05, 0) is 56.4 Å². The van der Waals surface area contributed by atoms with Crippen LogP contribution in [0.2, 0.25) is 0 Å². The van der Waals surface area contributed by atoms with Gasteiger partial charge in [-0.15, -0.1) is 0 Å². The first-order valence-corrected chi connectivity index (χ1v) is 35.1. The molecule has 0 radical (unpaired) electrons. The summed E-state index contributed by atoms with van der Waals surface area (Å²) >= 11 is 0. The number of carbonyl (C=O) groups excluding carboxylic acids is 10. The summed E-state index contributed by atoms with van der Waals surface area (Å²) in [7, 11) is 0. The molecule has 0 spiro atoms. The lowest BCUT2D eigenvalue weighted by atomic mass is 10.0. The molecule has 2 fully saturated rings. The molecule has 2 aliphatic rings. The summed E-state index contributed by atoms with van der Waals surface area (Å²) in [6, 6.07) is 15.0. The summed E-state index contributed by atoms with van der Waals surface area (Å²) in [6.07, 6.45) is 0.775. The standard InChI is InChI=1S/C17H14N2O8.C11H14N2O8.C7H10N2O8.C6H8N2O8.C6H12N2O5.C5H6N2O8.C4H8N2O6.C3H6N2O6/c20-15(13-7-3-1-4-8-13)26-11-17(18(22)23,19(24)25)12-27-16(21)14-9-5-2-6-10-14;14-9(7-1-2-7)20-5-11(12(16)17,13(18)19)6-21-10(15)8-3-4-8;1-5(10)16-3-7(8(12)13,9(14)15)4-17-6(2)11;9-4-15-2-1-6(7(11)12,8(13)14)3-16-5-10;1-2-3-6(4-5-9,7(10)11)8(12)13;8-3-14-1-5(6(10)11,7(12)13)2-15-4-9;7-2-1-4(3-8,5(9)10)6(11)12;6-1-3(2-7,4(8)9)5(10)11/h1-10H,11-12H2;7-8H,1-6H2;3-4H2,1-2H3;4-5H,1-3H2;9H,2-5H2,1H3;3-4H,1-2H2;7-8H,1-3H2;6-7H,1-2H2. The first-order chi connectivity index (χ1) is 61.5. The third-order valence-electron chi connectivity index (χ3n) is 16.3. The van der Waals surface area contributed by atoms with Gasteiger partial charge < -0.3 is 72.9 Å². The molecule has 5 N–H and O–H groups in total. The van der Waals surface area contributed by atoms with Gasteiger partial charge in [-0.1, -0.05) is 43.3 Å². The number of esters is 6. The third-order valence-corrected chi connectivity index (χ3v) is 16.3. The first-order valence-electron chi connectivity index (χ1n) is 35.1. The Morgan fingerprint density at radius 2 is 0.530 bits per heavy atom. The quantitative estimate of drug-likeness (QED) is 0.00808. The number of rotatable bonds is 54. The van der Waals surface area contributed by atoms with Crippen molar-refractivity contribution in [3.8, 4) is 0 Å². The van der Waals surface area contributed by atoms with E-state index in [-0.39, 0.29) is 55.3 Å². The fourth-order valence-corrected chi connectivity index (χ4v) is 7.94. The Labute approximate surface area is 728 Å². The zero-order chi connectivity index (χ0) is 103. The number of hydrogen-bond donors (Lipinski definition) is 5. The van der Waals surface area contributed by atoms with Crippen molar-refractivity contribution in [2.24, 2.45) is 11.8 Å². The van der Waals surface area contributed by atoms with E-state index in [2.05, 4.69) is 37.9 Å². The van der Waals surface area contributed by atoms with Gasteiger partial charge >= 0.3 is 81.1 Å². The Morgan fingerprint density at radius 3 is 0.727 bits per heavy atom. The molecule has 2 aromatic rings. The van der Waals surface area contributed by atoms with Gasteiger partial charge in [-0.3, -0.25) is 200 Å². The van der Waals surface area contributed by atoms with Crippen molar-refractivity contribution < 1.29 is 200 Å². The minimum atomic E-state index is -3.02. The number of aliphatic hydroxyl groups is 5. The highest BCUT2D eigenvalue weighted by Gasteiger charge is 2.64. The van der Waals surface area contributed by atoms with Crippen LogP contribution in [-0.4, -0.2) is 310 Å². The Kier molecular flexibility index (Phi) is 54.7. The molecule has 0 amide bonds. The largest absolute Gasteiger partial charge is 0.523 e. The average Bonchev–Trinajstić information content (AvgIpc) is 1.53. The Morgan fingerprint density at radius 1 is 0.303 bits per heavy atom. The molecule has 2 saturated carbocycles. The molecule has 0 aliphatic heterocycles. The molecule has 736 valence electrons. The highest BCUT2D eigenvalue weighted by atomic mass is 16.8. The van der Waals surface area contributed by atoms with Gasteiger partial charge in [-0.25, -0.2) is 9.59 Å². The molecule has 2 aliphatic carbocycles. The lowest BCUT2D eigenvalue weighted by Crippen LogP contribution is -2.55. The molecule has 2 aromatic carbocycles. The molecular weight excluding hydrogens is 1840 g/mol. The molecular formula is C59H78N16O57. The van der Waals surface area contributed by atoms with E-state index >= 15 is 0 Å². The summed E-state index contributed by atoms with van der Waals surface area (Å²) in [5.41, 5.74) is -21.9. The van der Waals surface area contributed by atoms with Crippen LogP contribution in [-0.2, 0) is 85.7 Å². The molecule has 0 atom stereocenters. The molecule has 132 heavy (non-hydrogen) atoms. The molecule has 0 unspecified atom stereocenters. The van der Waals surface area contributed by atoms with Crippen molar-refractivity contribution >= 4 is 61.7 Å². The number of hydrogen-bond acceptors (Lipinski definition) is 57. The van der Waals surface area contributed by atoms with Gasteiger partial charge in [0.15, 0.2) is 19.8 Å². The van der Waals surface area contributed by atoms with Crippen LogP contribution >= 0.6 is 0 Å². The van der Waals surface area contributed by atoms with E-state index < -0.39 is 278 Å². The van der Waals surface area contributed by atoms with Crippen molar-refractivity contribution in [1.82, 2.24) is 0 Å². The van der Waals surface area contributed by atoms with E-state index in [9.17, 15) is 210 Å². The van der Waals surface area contributed by atoms with Crippen molar-refractivity contribution in [2.45, 2.75) is 124 Å². The predicted octanol–water partition coefficient (Wildman–Crippen LogP) is -3.74. The Balaban J connectivity index is -0.000000722. The summed E-state index contributed by atoms with van der Waals surface area (Å²) in [6.45, 7) is -12.7. The summed E-state index contributed by atoms with van der Waals surface area (Å²) in [5, 5.41) is 211. The maximum atomic E-state index is 11.9. The lowest BCUT2D eigenvalue weighted by Gasteiger charge is -2.17. The first kappa shape index (κ1) is 122. The van der Waals surface area contributed by atoms with Crippen LogP contribution in [0.3, 0.4) is 0 Å². The van der Waals surface area contributed by atoms with Crippen LogP contribution in [0, 0.1) is 174 Å². The van der Waals surface area contributed by atoms with E-state index in [1.807, 2.05) is 0 Å². The number of carbonyl (C=O) groups is 10. The zero-order valence-electron chi connectivity index (χ0n) is 67.8. The normalized spacial score (nSPS) is 11.8. The summed E-state index contributed by atoms with van der Waals surface area (Å²) in [4.78, 5) is 257. The van der Waals surface area contributed by atoms with E-state index in [1.165, 1.54) is 48.5 Å². The van der Waals surface area contributed by atoms with Gasteiger partial charge in [0.05, 0.1) is 52.4 Å². The summed E-state index contributed by atoms with van der Waals surface area (Å²) in [5.74, 6) is -5.85. The van der Waals surface area contributed by atoms with Gasteiger partial charge in [0.25, 0.3) is 25.9 Å². The highest BCUT2D eigenvalue weighted by molar-refractivity contribution is 5.90. The lowest BCUT2D eigenvalue weighted by molar-refractivity contribution is -0.800. The number of aliphatic hydroxyl groups excluding tert-OH is 5. The SMILES string of the molecule is CC(=O)OCC(COC(C)=O)([N+](=O)[O-])[N+](=O)[O-].CCCC(CCO)([N+](=O)[O-])[N+](=O)[O-].O=C(OCC(COC(=O)C1CC1)([N+](=O)[O-])[N+](=O)[O-])C1CC1.O=C(OCC(COC(=O)c1ccccc1)([N+](=O)[O-])[N+](=O)[O-])c1ccccc1.O=COCC(COC=O)([N+](=O)[O-])[N+](=O)[O-].O=COCCC(COC=O)([N+](=O)[O-])[N+](=O)[O-].O=[N+]([O-])C(CO)(CCO)[N+](=O)[O-].O=[N+]([O-])C(CO)(CO)[N+](=O)[O-]. The predicted molar refractivity (Wildman–Crippen MR) is 400 cm³/mol. The van der Waals surface area contributed by atoms with Crippen LogP contribution in [0.5, 0.6) is 0 Å². The minimum absolute atomic E-state index is 0.00519. The average molecular weight is 1920 g/mol. The summed E-state index contributed by atoms with van der Waals surface area (Å²) < 4.78 is 43.4. The number of nitrogens with zero attached hydrogens (tertiary/aromatic N) is 16. The van der Waals surface area contributed by atoms with Crippen LogP contribution in [0.4, 0.5) is 0 Å². The van der Waals surface area contributed by atoms with Crippen LogP contribution in [0.15, 0.2) is 60.7 Å². The maximum absolute atomic E-state index is 11.9. The number of benzene rings is 2. The van der Waals surface area contributed by atoms with Crippen LogP contribution in [0.1, 0.15) is 99.3 Å². The van der Waals surface area contributed by atoms with E-state index in [0.29, 0.717) is 32.1 Å². The second-order valence-electron chi connectivity index (χ2n) is 25.3. The van der Waals surface area contributed by atoms with Crippen molar-refractivity contribution in [2.75, 3.05) is 99.1 Å². The molecule has 0 aromatic heterocycles. The van der Waals surface area contributed by atoms with E-state index in [4.69, 9.17) is 35.0 Å². The van der Waals surface area contributed by atoms with Crippen molar-refractivity contribution in [3.05, 3.63) is 234 Å². The maximum Gasteiger partial charge on any atom is 0.523 e. The Bertz CT molecular complexity index is 4110. The van der Waals surface area contributed by atoms with Gasteiger partial charge in [0.2, 0.25) is 59.5 Å². The zero-order valence-corrected chi connectivity index (χ0v) is 67.8. The second-order valence-corrected chi connectivity index (χ2v) is 25.3. The molecule has 4 rings (SSSR count). The number of ether oxygens (including phenoxy) is 10. The topological polar surface area (TPSA) is 1050 Å². The molecule has 73 heteroatoms. The van der Waals surface area contributed by atoms with Gasteiger partial charge in [-0.2, -0.15) is 0 Å². The van der Waals surface area contributed by atoms with E-state index in [0.717, 1.165) is 13.8 Å². The monoisotopic (exact) mass is 1920 g/mol. The van der Waals surface area contributed by atoms with Gasteiger partial charge in [0.1, 0.15) is 94.8 Å². The second kappa shape index (κ2) is 59.3. The smallest absolute Gasteiger partial charge is 0.467 e.